The molecule has 3 heteroatoms. The molecule has 0 spiro atoms. The van der Waals surface area contributed by atoms with Gasteiger partial charge < -0.3 is 10.1 Å². The minimum absolute atomic E-state index is 0.227. The van der Waals surface area contributed by atoms with Crippen LogP contribution in [0.5, 0.6) is 5.75 Å². The van der Waals surface area contributed by atoms with Crippen molar-refractivity contribution in [1.29, 1.82) is 0 Å². The van der Waals surface area contributed by atoms with Crippen molar-refractivity contribution < 1.29 is 9.13 Å². The summed E-state index contributed by atoms with van der Waals surface area (Å²) in [7, 11) is 1.60. The molecule has 0 aromatic heterocycles. The minimum Gasteiger partial charge on any atom is -0.496 e. The molecule has 0 heterocycles. The first-order valence-electron chi connectivity index (χ1n) is 5.60. The van der Waals surface area contributed by atoms with Gasteiger partial charge in [0.1, 0.15) is 11.6 Å². The maximum atomic E-state index is 13.1. The summed E-state index contributed by atoms with van der Waals surface area (Å²) in [6.45, 7) is 7.05. The van der Waals surface area contributed by atoms with Crippen molar-refractivity contribution in [3.05, 3.63) is 29.6 Å². The molecule has 1 unspecified atom stereocenters. The van der Waals surface area contributed by atoms with E-state index in [9.17, 15) is 4.39 Å². The molecule has 0 radical (unpaired) electrons. The predicted molar refractivity (Wildman–Crippen MR) is 64.1 cm³/mol. The molecule has 0 bridgehead atoms. The fourth-order valence-electron chi connectivity index (χ4n) is 1.39. The van der Waals surface area contributed by atoms with Crippen molar-refractivity contribution in [1.82, 2.24) is 5.32 Å². The molecule has 1 aromatic rings. The van der Waals surface area contributed by atoms with Crippen molar-refractivity contribution in [3.63, 3.8) is 0 Å². The molecule has 1 aromatic carbocycles. The van der Waals surface area contributed by atoms with Crippen LogP contribution in [0.3, 0.4) is 0 Å². The van der Waals surface area contributed by atoms with Crippen molar-refractivity contribution >= 4 is 0 Å². The molecule has 0 amide bonds. The van der Waals surface area contributed by atoms with Gasteiger partial charge in [-0.15, -0.1) is 0 Å². The van der Waals surface area contributed by atoms with E-state index in [1.54, 1.807) is 13.2 Å². The fraction of sp³-hybridized carbons (Fsp3) is 0.538. The van der Waals surface area contributed by atoms with E-state index in [0.717, 1.165) is 11.3 Å². The zero-order chi connectivity index (χ0) is 12.1. The van der Waals surface area contributed by atoms with Gasteiger partial charge >= 0.3 is 0 Å². The van der Waals surface area contributed by atoms with Gasteiger partial charge in [0.2, 0.25) is 0 Å². The Balaban J connectivity index is 2.68. The van der Waals surface area contributed by atoms with Crippen LogP contribution in [0, 0.1) is 11.7 Å². The van der Waals surface area contributed by atoms with Gasteiger partial charge in [-0.1, -0.05) is 13.8 Å². The smallest absolute Gasteiger partial charge is 0.123 e. The van der Waals surface area contributed by atoms with Crippen molar-refractivity contribution in [2.75, 3.05) is 7.11 Å². The van der Waals surface area contributed by atoms with Crippen molar-refractivity contribution in [3.8, 4) is 5.75 Å². The van der Waals surface area contributed by atoms with Crippen LogP contribution in [-0.2, 0) is 6.54 Å². The topological polar surface area (TPSA) is 21.3 Å². The Hall–Kier alpha value is -1.09. The maximum Gasteiger partial charge on any atom is 0.123 e. The molecule has 1 rings (SSSR count). The average molecular weight is 225 g/mol. The highest BCUT2D eigenvalue weighted by molar-refractivity contribution is 5.33. The standard InChI is InChI=1S/C13H20FNO/c1-9(2)10(3)15-8-11-7-12(14)5-6-13(11)16-4/h5-7,9-10,15H,8H2,1-4H3. The lowest BCUT2D eigenvalue weighted by atomic mass is 10.1. The first-order valence-corrected chi connectivity index (χ1v) is 5.60. The van der Waals surface area contributed by atoms with Gasteiger partial charge in [0.05, 0.1) is 7.11 Å². The molecule has 1 N–H and O–H groups in total. The Labute approximate surface area is 96.8 Å². The number of ether oxygens (including phenoxy) is 1. The summed E-state index contributed by atoms with van der Waals surface area (Å²) in [6, 6.07) is 4.98. The van der Waals surface area contributed by atoms with E-state index in [1.165, 1.54) is 12.1 Å². The normalized spacial score (nSPS) is 12.9. The summed E-state index contributed by atoms with van der Waals surface area (Å²) in [5, 5.41) is 3.35. The maximum absolute atomic E-state index is 13.1. The van der Waals surface area contributed by atoms with E-state index in [-0.39, 0.29) is 5.82 Å². The number of hydrogen-bond acceptors (Lipinski definition) is 2. The van der Waals surface area contributed by atoms with Crippen LogP contribution in [-0.4, -0.2) is 13.2 Å². The largest absolute Gasteiger partial charge is 0.496 e. The SMILES string of the molecule is COc1ccc(F)cc1CNC(C)C(C)C. The van der Waals surface area contributed by atoms with Crippen LogP contribution in [0.1, 0.15) is 26.3 Å². The van der Waals surface area contributed by atoms with E-state index >= 15 is 0 Å². The molecule has 0 fully saturated rings. The monoisotopic (exact) mass is 225 g/mol. The van der Waals surface area contributed by atoms with Crippen molar-refractivity contribution in [2.24, 2.45) is 5.92 Å². The third kappa shape index (κ3) is 3.49. The molecule has 2 nitrogen and oxygen atoms in total. The number of benzene rings is 1. The second-order valence-corrected chi connectivity index (χ2v) is 4.37. The predicted octanol–water partition coefficient (Wildman–Crippen LogP) is 2.97. The second-order valence-electron chi connectivity index (χ2n) is 4.37. The lowest BCUT2D eigenvalue weighted by Gasteiger charge is -2.18. The van der Waals surface area contributed by atoms with Crippen molar-refractivity contribution in [2.45, 2.75) is 33.4 Å². The summed E-state index contributed by atoms with van der Waals surface area (Å²) < 4.78 is 18.3. The zero-order valence-corrected chi connectivity index (χ0v) is 10.4. The molecule has 0 saturated heterocycles. The third-order valence-electron chi connectivity index (χ3n) is 2.86. The lowest BCUT2D eigenvalue weighted by molar-refractivity contribution is 0.393. The van der Waals surface area contributed by atoms with Crippen LogP contribution < -0.4 is 10.1 Å². The van der Waals surface area contributed by atoms with Gasteiger partial charge in [-0.2, -0.15) is 0 Å². The van der Waals surface area contributed by atoms with Gasteiger partial charge in [0.25, 0.3) is 0 Å². The summed E-state index contributed by atoms with van der Waals surface area (Å²) in [5.74, 6) is 1.05. The van der Waals surface area contributed by atoms with Gasteiger partial charge in [-0.25, -0.2) is 4.39 Å². The number of methoxy groups -OCH3 is 1. The Morgan fingerprint density at radius 2 is 2.00 bits per heavy atom. The minimum atomic E-state index is -0.227. The third-order valence-corrected chi connectivity index (χ3v) is 2.86. The van der Waals surface area contributed by atoms with Crippen LogP contribution in [0.2, 0.25) is 0 Å². The van der Waals surface area contributed by atoms with Crippen LogP contribution in [0.25, 0.3) is 0 Å². The van der Waals surface area contributed by atoms with Gasteiger partial charge in [0.15, 0.2) is 0 Å². The van der Waals surface area contributed by atoms with E-state index < -0.39 is 0 Å². The van der Waals surface area contributed by atoms with Gasteiger partial charge in [-0.05, 0) is 31.0 Å². The van der Waals surface area contributed by atoms with E-state index in [2.05, 4.69) is 26.1 Å². The molecular weight excluding hydrogens is 205 g/mol. The summed E-state index contributed by atoms with van der Waals surface area (Å²) in [4.78, 5) is 0. The van der Waals surface area contributed by atoms with E-state index in [1.807, 2.05) is 0 Å². The van der Waals surface area contributed by atoms with E-state index in [4.69, 9.17) is 4.74 Å². The van der Waals surface area contributed by atoms with Crippen LogP contribution in [0.15, 0.2) is 18.2 Å². The quantitative estimate of drug-likeness (QED) is 0.831. The second kappa shape index (κ2) is 5.85. The molecule has 0 aliphatic rings. The first-order chi connectivity index (χ1) is 7.54. The van der Waals surface area contributed by atoms with Gasteiger partial charge in [0, 0.05) is 18.2 Å². The zero-order valence-electron chi connectivity index (χ0n) is 10.4. The first kappa shape index (κ1) is 13.0. The highest BCUT2D eigenvalue weighted by Crippen LogP contribution is 2.19. The number of rotatable bonds is 5. The molecule has 1 atom stereocenters. The highest BCUT2D eigenvalue weighted by atomic mass is 19.1. The molecule has 0 saturated carbocycles. The number of hydrogen-bond donors (Lipinski definition) is 1. The Bertz CT molecular complexity index is 339. The number of nitrogens with one attached hydrogen (secondary N) is 1. The summed E-state index contributed by atoms with van der Waals surface area (Å²) >= 11 is 0. The molecular formula is C13H20FNO. The Kier molecular flexibility index (Phi) is 4.74. The van der Waals surface area contributed by atoms with E-state index in [0.29, 0.717) is 18.5 Å². The molecule has 0 aliphatic heterocycles. The lowest BCUT2D eigenvalue weighted by Crippen LogP contribution is -2.30. The molecule has 16 heavy (non-hydrogen) atoms. The summed E-state index contributed by atoms with van der Waals surface area (Å²) in [6.07, 6.45) is 0. The Morgan fingerprint density at radius 3 is 2.56 bits per heavy atom. The number of halogens is 1. The average Bonchev–Trinajstić information content (AvgIpc) is 2.25. The summed E-state index contributed by atoms with van der Waals surface area (Å²) in [5.41, 5.74) is 0.856. The van der Waals surface area contributed by atoms with Gasteiger partial charge in [-0.3, -0.25) is 0 Å². The molecule has 90 valence electrons. The molecule has 0 aliphatic carbocycles. The highest BCUT2D eigenvalue weighted by Gasteiger charge is 2.09. The van der Waals surface area contributed by atoms with Crippen LogP contribution >= 0.6 is 0 Å². The fourth-order valence-corrected chi connectivity index (χ4v) is 1.39. The van der Waals surface area contributed by atoms with Crippen LogP contribution in [0.4, 0.5) is 4.39 Å². The Morgan fingerprint density at radius 1 is 1.31 bits per heavy atom.